The van der Waals surface area contributed by atoms with Crippen molar-refractivity contribution in [1.82, 2.24) is 9.88 Å². The van der Waals surface area contributed by atoms with Gasteiger partial charge in [0.2, 0.25) is 17.7 Å². The fourth-order valence-corrected chi connectivity index (χ4v) is 6.37. The van der Waals surface area contributed by atoms with Crippen LogP contribution in [-0.2, 0) is 32.6 Å². The van der Waals surface area contributed by atoms with Crippen LogP contribution < -0.4 is 10.6 Å². The summed E-state index contributed by atoms with van der Waals surface area (Å²) in [6.07, 6.45) is 4.39. The van der Waals surface area contributed by atoms with Crippen LogP contribution in [0.3, 0.4) is 0 Å². The lowest BCUT2D eigenvalue weighted by atomic mass is 9.78. The third-order valence-corrected chi connectivity index (χ3v) is 8.61. The Hall–Kier alpha value is -3.65. The second-order valence-electron chi connectivity index (χ2n) is 11.3. The van der Waals surface area contributed by atoms with Crippen LogP contribution in [0, 0.1) is 5.41 Å². The second kappa shape index (κ2) is 8.98. The quantitative estimate of drug-likeness (QED) is 0.430. The molecule has 3 aliphatic rings. The van der Waals surface area contributed by atoms with Gasteiger partial charge in [0.25, 0.3) is 0 Å². The first-order chi connectivity index (χ1) is 18.2. The number of carbonyl (C=O) groups excluding carboxylic acids is 3. The number of anilines is 2. The number of thiol groups is 1. The van der Waals surface area contributed by atoms with E-state index in [0.717, 1.165) is 40.0 Å². The molecule has 3 amide bonds. The third-order valence-electron chi connectivity index (χ3n) is 8.31. The van der Waals surface area contributed by atoms with Crippen LogP contribution in [0.15, 0.2) is 65.7 Å². The van der Waals surface area contributed by atoms with Crippen molar-refractivity contribution in [1.29, 1.82) is 0 Å². The molecule has 1 saturated heterocycles. The van der Waals surface area contributed by atoms with Crippen molar-refractivity contribution in [3.05, 3.63) is 83.0 Å². The highest BCUT2D eigenvalue weighted by molar-refractivity contribution is 7.80. The molecule has 2 aliphatic heterocycles. The molecule has 1 fully saturated rings. The summed E-state index contributed by atoms with van der Waals surface area (Å²) in [7, 11) is 0. The van der Waals surface area contributed by atoms with Crippen LogP contribution in [-0.4, -0.2) is 34.2 Å². The Kier molecular flexibility index (Phi) is 5.83. The van der Waals surface area contributed by atoms with E-state index < -0.39 is 10.8 Å². The highest BCUT2D eigenvalue weighted by Crippen LogP contribution is 2.47. The first kappa shape index (κ1) is 24.7. The third kappa shape index (κ3) is 4.07. The molecule has 2 unspecified atom stereocenters. The maximum atomic E-state index is 13.4. The summed E-state index contributed by atoms with van der Waals surface area (Å²) < 4.78 is 0. The molecular formula is C30H30N4O3S. The summed E-state index contributed by atoms with van der Waals surface area (Å²) in [5.41, 5.74) is 3.55. The predicted molar refractivity (Wildman–Crippen MR) is 148 cm³/mol. The molecule has 1 aliphatic carbocycles. The highest BCUT2D eigenvalue weighted by atomic mass is 32.1. The zero-order chi connectivity index (χ0) is 26.7. The molecule has 0 radical (unpaired) electrons. The number of rotatable bonds is 4. The molecule has 1 aromatic heterocycles. The van der Waals surface area contributed by atoms with Gasteiger partial charge in [-0.25, -0.2) is 4.98 Å². The monoisotopic (exact) mass is 526 g/mol. The molecule has 3 heterocycles. The molecule has 2 atom stereocenters. The molecule has 3 aromatic rings. The van der Waals surface area contributed by atoms with E-state index in [0.29, 0.717) is 24.3 Å². The summed E-state index contributed by atoms with van der Waals surface area (Å²) in [6, 6.07) is 17.3. The zero-order valence-corrected chi connectivity index (χ0v) is 22.3. The fourth-order valence-electron chi connectivity index (χ4n) is 6.22. The minimum absolute atomic E-state index is 0.0192. The first-order valence-corrected chi connectivity index (χ1v) is 13.4. The van der Waals surface area contributed by atoms with Gasteiger partial charge in [0, 0.05) is 27.8 Å². The minimum atomic E-state index is -0.657. The number of hydrogen-bond acceptors (Lipinski definition) is 5. The molecule has 38 heavy (non-hydrogen) atoms. The Morgan fingerprint density at radius 1 is 1.11 bits per heavy atom. The van der Waals surface area contributed by atoms with E-state index in [1.54, 1.807) is 11.1 Å². The Balaban J connectivity index is 1.20. The predicted octanol–water partition coefficient (Wildman–Crippen LogP) is 4.69. The Morgan fingerprint density at radius 3 is 2.66 bits per heavy atom. The molecule has 2 aromatic carbocycles. The Labute approximate surface area is 227 Å². The average molecular weight is 527 g/mol. The van der Waals surface area contributed by atoms with E-state index in [1.807, 2.05) is 68.4 Å². The van der Waals surface area contributed by atoms with Crippen LogP contribution in [0.4, 0.5) is 11.5 Å². The number of hydrogen-bond donors (Lipinski definition) is 3. The van der Waals surface area contributed by atoms with Gasteiger partial charge in [0.05, 0.1) is 11.5 Å². The topological polar surface area (TPSA) is 91.4 Å². The van der Waals surface area contributed by atoms with Gasteiger partial charge in [-0.05, 0) is 72.7 Å². The molecule has 8 heteroatoms. The van der Waals surface area contributed by atoms with Crippen molar-refractivity contribution in [2.24, 2.45) is 5.41 Å². The summed E-state index contributed by atoms with van der Waals surface area (Å²) >= 11 is 4.38. The maximum Gasteiger partial charge on any atom is 0.244 e. The summed E-state index contributed by atoms with van der Waals surface area (Å²) in [6.45, 7) is 3.85. The van der Waals surface area contributed by atoms with E-state index >= 15 is 0 Å². The standard InChI is InChI=1S/C30H30N4O3S/c1-29(2)12-11-24(18-6-9-22(38)10-7-18)34(28(29)37)17-25(35)32-21-8-5-19-15-30(16-20(19)14-21)23-4-3-13-31-26(23)33-27(30)36/h3-10,13-14,24,38H,11-12,15-17H2,1-2H3,(H,32,35)(H,31,33,36). The average Bonchev–Trinajstić information content (AvgIpc) is 3.40. The molecule has 1 spiro atoms. The number of nitrogens with one attached hydrogen (secondary N) is 2. The second-order valence-corrected chi connectivity index (χ2v) is 11.8. The van der Waals surface area contributed by atoms with E-state index in [-0.39, 0.29) is 30.3 Å². The summed E-state index contributed by atoms with van der Waals surface area (Å²) in [5.74, 6) is 0.338. The van der Waals surface area contributed by atoms with Gasteiger partial charge in [-0.15, -0.1) is 12.6 Å². The van der Waals surface area contributed by atoms with E-state index in [1.165, 1.54) is 0 Å². The van der Waals surface area contributed by atoms with Crippen molar-refractivity contribution >= 4 is 41.9 Å². The lowest BCUT2D eigenvalue weighted by Gasteiger charge is -2.43. The first-order valence-electron chi connectivity index (χ1n) is 12.9. The van der Waals surface area contributed by atoms with E-state index in [2.05, 4.69) is 28.2 Å². The van der Waals surface area contributed by atoms with Gasteiger partial charge < -0.3 is 15.5 Å². The van der Waals surface area contributed by atoms with Crippen molar-refractivity contribution < 1.29 is 14.4 Å². The number of nitrogens with zero attached hydrogens (tertiary/aromatic N) is 2. The van der Waals surface area contributed by atoms with Gasteiger partial charge in [-0.2, -0.15) is 0 Å². The highest BCUT2D eigenvalue weighted by Gasteiger charge is 2.51. The number of carbonyl (C=O) groups is 3. The van der Waals surface area contributed by atoms with Gasteiger partial charge in [0.15, 0.2) is 0 Å². The van der Waals surface area contributed by atoms with Crippen molar-refractivity contribution in [3.63, 3.8) is 0 Å². The maximum absolute atomic E-state index is 13.4. The van der Waals surface area contributed by atoms with Crippen molar-refractivity contribution in [2.75, 3.05) is 17.2 Å². The smallest absolute Gasteiger partial charge is 0.244 e. The number of aromatic nitrogens is 1. The molecule has 7 nitrogen and oxygen atoms in total. The number of fused-ring (bicyclic) bond motifs is 3. The van der Waals surface area contributed by atoms with Crippen molar-refractivity contribution in [3.8, 4) is 0 Å². The zero-order valence-electron chi connectivity index (χ0n) is 21.5. The van der Waals surface area contributed by atoms with Crippen LogP contribution in [0.1, 0.15) is 55.0 Å². The van der Waals surface area contributed by atoms with Gasteiger partial charge >= 0.3 is 0 Å². The van der Waals surface area contributed by atoms with Gasteiger partial charge in [0.1, 0.15) is 12.4 Å². The summed E-state index contributed by atoms with van der Waals surface area (Å²) in [5, 5.41) is 5.93. The van der Waals surface area contributed by atoms with Gasteiger partial charge in [-0.1, -0.05) is 38.1 Å². The molecule has 6 rings (SSSR count). The van der Waals surface area contributed by atoms with E-state index in [4.69, 9.17) is 0 Å². The van der Waals surface area contributed by atoms with Crippen LogP contribution in [0.5, 0.6) is 0 Å². The largest absolute Gasteiger partial charge is 0.326 e. The molecule has 194 valence electrons. The number of pyridine rings is 1. The van der Waals surface area contributed by atoms with Crippen LogP contribution in [0.2, 0.25) is 0 Å². The molecule has 2 N–H and O–H groups in total. The van der Waals surface area contributed by atoms with Crippen molar-refractivity contribution in [2.45, 2.75) is 55.9 Å². The lowest BCUT2D eigenvalue weighted by Crippen LogP contribution is -2.50. The van der Waals surface area contributed by atoms with Crippen LogP contribution >= 0.6 is 12.6 Å². The normalized spacial score (nSPS) is 23.2. The van der Waals surface area contributed by atoms with E-state index in [9.17, 15) is 14.4 Å². The number of amides is 3. The summed E-state index contributed by atoms with van der Waals surface area (Å²) in [4.78, 5) is 46.5. The SMILES string of the molecule is CC1(C)CCC(c2ccc(S)cc2)N(CC(=O)Nc2ccc3c(c2)CC2(C3)C(=O)Nc3ncccc32)C1=O. The number of piperidine rings is 1. The molecular weight excluding hydrogens is 496 g/mol. The lowest BCUT2D eigenvalue weighted by molar-refractivity contribution is -0.150. The molecule has 0 saturated carbocycles. The fraction of sp³-hybridized carbons (Fsp3) is 0.333. The van der Waals surface area contributed by atoms with Crippen LogP contribution in [0.25, 0.3) is 0 Å². The van der Waals surface area contributed by atoms with Gasteiger partial charge in [-0.3, -0.25) is 14.4 Å². The Bertz CT molecular complexity index is 1470. The Morgan fingerprint density at radius 2 is 1.87 bits per heavy atom. The molecule has 0 bridgehead atoms. The number of likely N-dealkylation sites (tertiary alicyclic amines) is 1. The minimum Gasteiger partial charge on any atom is -0.326 e. The number of benzene rings is 2.